The Kier molecular flexibility index (Phi) is 5.08. The molecule has 2 aromatic heterocycles. The number of anilines is 1. The van der Waals surface area contributed by atoms with Crippen LogP contribution in [0.1, 0.15) is 48.1 Å². The lowest BCUT2D eigenvalue weighted by molar-refractivity contribution is 0.0951. The summed E-state index contributed by atoms with van der Waals surface area (Å²) in [6.45, 7) is 7.38. The fourth-order valence-corrected chi connectivity index (χ4v) is 2.26. The summed E-state index contributed by atoms with van der Waals surface area (Å²) in [5.74, 6) is 1.45. The van der Waals surface area contributed by atoms with Crippen LogP contribution < -0.4 is 11.1 Å². The monoisotopic (exact) mass is 302 g/mol. The first-order valence-electron chi connectivity index (χ1n) is 7.37. The molecule has 0 saturated heterocycles. The summed E-state index contributed by atoms with van der Waals surface area (Å²) in [4.78, 5) is 24.2. The molecule has 1 amide bonds. The molecular weight excluding hydrogens is 280 g/mol. The van der Waals surface area contributed by atoms with E-state index < -0.39 is 0 Å². The van der Waals surface area contributed by atoms with Gasteiger partial charge in [0.1, 0.15) is 5.82 Å². The van der Waals surface area contributed by atoms with Crippen LogP contribution in [0.25, 0.3) is 0 Å². The van der Waals surface area contributed by atoms with E-state index in [-0.39, 0.29) is 11.9 Å². The van der Waals surface area contributed by atoms with Gasteiger partial charge in [-0.05, 0) is 13.3 Å². The maximum atomic E-state index is 12.1. The molecule has 0 unspecified atom stereocenters. The lowest BCUT2D eigenvalue weighted by Crippen LogP contribution is -2.26. The van der Waals surface area contributed by atoms with E-state index in [1.54, 1.807) is 6.92 Å². The van der Waals surface area contributed by atoms with Crippen LogP contribution in [-0.2, 0) is 6.54 Å². The highest BCUT2D eigenvalue weighted by Gasteiger charge is 2.11. The van der Waals surface area contributed by atoms with Crippen LogP contribution in [0.2, 0.25) is 0 Å². The Morgan fingerprint density at radius 1 is 1.41 bits per heavy atom. The minimum absolute atomic E-state index is 0.174. The van der Waals surface area contributed by atoms with Crippen molar-refractivity contribution in [1.29, 1.82) is 0 Å². The Labute approximate surface area is 130 Å². The molecule has 0 radical (unpaired) electrons. The Morgan fingerprint density at radius 3 is 2.86 bits per heavy atom. The third-order valence-electron chi connectivity index (χ3n) is 3.37. The van der Waals surface area contributed by atoms with E-state index in [0.29, 0.717) is 23.7 Å². The van der Waals surface area contributed by atoms with Crippen LogP contribution in [0.4, 0.5) is 5.95 Å². The van der Waals surface area contributed by atoms with Gasteiger partial charge in [-0.25, -0.2) is 15.0 Å². The average Bonchev–Trinajstić information content (AvgIpc) is 2.92. The fourth-order valence-electron chi connectivity index (χ4n) is 2.26. The number of nitrogen functional groups attached to an aromatic ring is 1. The number of aryl methyl sites for hydroxylation is 2. The summed E-state index contributed by atoms with van der Waals surface area (Å²) >= 11 is 0. The fraction of sp³-hybridized carbons (Fsp3) is 0.467. The Hall–Kier alpha value is -2.44. The lowest BCUT2D eigenvalue weighted by atomic mass is 10.2. The van der Waals surface area contributed by atoms with Gasteiger partial charge in [0.2, 0.25) is 5.95 Å². The first kappa shape index (κ1) is 15.9. The third kappa shape index (κ3) is 3.81. The highest BCUT2D eigenvalue weighted by Crippen LogP contribution is 2.11. The van der Waals surface area contributed by atoms with E-state index in [0.717, 1.165) is 18.8 Å². The zero-order valence-corrected chi connectivity index (χ0v) is 13.2. The van der Waals surface area contributed by atoms with Crippen LogP contribution in [0.5, 0.6) is 0 Å². The molecule has 0 atom stereocenters. The van der Waals surface area contributed by atoms with Crippen LogP contribution in [0.3, 0.4) is 0 Å². The third-order valence-corrected chi connectivity index (χ3v) is 3.37. The maximum absolute atomic E-state index is 12.1. The summed E-state index contributed by atoms with van der Waals surface area (Å²) in [5.41, 5.74) is 6.52. The van der Waals surface area contributed by atoms with Crippen molar-refractivity contribution < 1.29 is 4.79 Å². The number of nitrogens with two attached hydrogens (primary N) is 1. The number of aromatic nitrogens is 4. The van der Waals surface area contributed by atoms with Crippen molar-refractivity contribution >= 4 is 11.9 Å². The van der Waals surface area contributed by atoms with Crippen molar-refractivity contribution in [2.45, 2.75) is 39.7 Å². The van der Waals surface area contributed by atoms with Crippen LogP contribution in [-0.4, -0.2) is 32.0 Å². The molecule has 2 rings (SSSR count). The second kappa shape index (κ2) is 7.02. The first-order chi connectivity index (χ1) is 10.5. The van der Waals surface area contributed by atoms with Crippen molar-refractivity contribution in [3.8, 4) is 0 Å². The van der Waals surface area contributed by atoms with Gasteiger partial charge in [-0.1, -0.05) is 13.8 Å². The molecule has 7 nitrogen and oxygen atoms in total. The molecule has 0 fully saturated rings. The first-order valence-corrected chi connectivity index (χ1v) is 7.37. The van der Waals surface area contributed by atoms with E-state index >= 15 is 0 Å². The van der Waals surface area contributed by atoms with Gasteiger partial charge in [-0.15, -0.1) is 0 Å². The molecule has 3 N–H and O–H groups in total. The van der Waals surface area contributed by atoms with Gasteiger partial charge in [0, 0.05) is 37.6 Å². The number of nitrogens with one attached hydrogen (secondary N) is 1. The topological polar surface area (TPSA) is 98.7 Å². The highest BCUT2D eigenvalue weighted by atomic mass is 16.1. The minimum Gasteiger partial charge on any atom is -0.368 e. The molecule has 0 spiro atoms. The molecule has 0 aliphatic rings. The number of rotatable bonds is 6. The SMILES string of the molecule is Cc1nc(N)ncc1C(=O)NCCCn1ccnc1C(C)C. The summed E-state index contributed by atoms with van der Waals surface area (Å²) in [7, 11) is 0. The Morgan fingerprint density at radius 2 is 2.18 bits per heavy atom. The van der Waals surface area contributed by atoms with E-state index in [1.807, 2.05) is 12.4 Å². The molecule has 0 saturated carbocycles. The van der Waals surface area contributed by atoms with Gasteiger partial charge >= 0.3 is 0 Å². The van der Waals surface area contributed by atoms with Crippen LogP contribution >= 0.6 is 0 Å². The molecule has 0 aromatic carbocycles. The molecule has 7 heteroatoms. The minimum atomic E-state index is -0.174. The molecular formula is C15H22N6O. The zero-order chi connectivity index (χ0) is 16.1. The number of nitrogens with zero attached hydrogens (tertiary/aromatic N) is 4. The van der Waals surface area contributed by atoms with Crippen molar-refractivity contribution in [2.24, 2.45) is 0 Å². The number of imidazole rings is 1. The number of carbonyl (C=O) groups is 1. The largest absolute Gasteiger partial charge is 0.368 e. The molecule has 118 valence electrons. The molecule has 2 aromatic rings. The van der Waals surface area contributed by atoms with Gasteiger partial charge < -0.3 is 15.6 Å². The van der Waals surface area contributed by atoms with Gasteiger partial charge in [-0.2, -0.15) is 0 Å². The number of hydrogen-bond acceptors (Lipinski definition) is 5. The van der Waals surface area contributed by atoms with Crippen LogP contribution in [0.15, 0.2) is 18.6 Å². The maximum Gasteiger partial charge on any atom is 0.254 e. The van der Waals surface area contributed by atoms with E-state index in [4.69, 9.17) is 5.73 Å². The predicted molar refractivity (Wildman–Crippen MR) is 84.4 cm³/mol. The molecule has 2 heterocycles. The quantitative estimate of drug-likeness (QED) is 0.788. The van der Waals surface area contributed by atoms with E-state index in [1.165, 1.54) is 6.20 Å². The molecule has 22 heavy (non-hydrogen) atoms. The average molecular weight is 302 g/mol. The van der Waals surface area contributed by atoms with Gasteiger partial charge in [0.05, 0.1) is 11.3 Å². The van der Waals surface area contributed by atoms with Crippen molar-refractivity contribution in [1.82, 2.24) is 24.8 Å². The smallest absolute Gasteiger partial charge is 0.254 e. The summed E-state index contributed by atoms with van der Waals surface area (Å²) < 4.78 is 2.12. The molecule has 0 bridgehead atoms. The number of amides is 1. The number of carbonyl (C=O) groups excluding carboxylic acids is 1. The van der Waals surface area contributed by atoms with Crippen molar-refractivity contribution in [3.05, 3.63) is 35.7 Å². The summed E-state index contributed by atoms with van der Waals surface area (Å²) in [6, 6.07) is 0. The summed E-state index contributed by atoms with van der Waals surface area (Å²) in [6.07, 6.45) is 6.06. The second-order valence-corrected chi connectivity index (χ2v) is 5.47. The number of hydrogen-bond donors (Lipinski definition) is 2. The van der Waals surface area contributed by atoms with Gasteiger partial charge in [-0.3, -0.25) is 4.79 Å². The Balaban J connectivity index is 1.83. The van der Waals surface area contributed by atoms with Gasteiger partial charge in [0.15, 0.2) is 0 Å². The van der Waals surface area contributed by atoms with Crippen LogP contribution in [0, 0.1) is 6.92 Å². The summed E-state index contributed by atoms with van der Waals surface area (Å²) in [5, 5.41) is 2.88. The predicted octanol–water partition coefficient (Wildman–Crippen LogP) is 1.51. The lowest BCUT2D eigenvalue weighted by Gasteiger charge is -2.11. The van der Waals surface area contributed by atoms with E-state index in [2.05, 4.69) is 38.7 Å². The highest BCUT2D eigenvalue weighted by molar-refractivity contribution is 5.94. The molecule has 0 aliphatic heterocycles. The van der Waals surface area contributed by atoms with Gasteiger partial charge in [0.25, 0.3) is 5.91 Å². The Bertz CT molecular complexity index is 649. The van der Waals surface area contributed by atoms with E-state index in [9.17, 15) is 4.79 Å². The van der Waals surface area contributed by atoms with Crippen molar-refractivity contribution in [2.75, 3.05) is 12.3 Å². The van der Waals surface area contributed by atoms with Crippen molar-refractivity contribution in [3.63, 3.8) is 0 Å². The second-order valence-electron chi connectivity index (χ2n) is 5.47. The zero-order valence-electron chi connectivity index (χ0n) is 13.2. The normalized spacial score (nSPS) is 10.9. The standard InChI is InChI=1S/C15H22N6O/c1-10(2)13-17-6-8-21(13)7-4-5-18-14(22)12-9-19-15(16)20-11(12)3/h6,8-10H,4-5,7H2,1-3H3,(H,18,22)(H2,16,19,20). The molecule has 0 aliphatic carbocycles.